The molecule has 0 spiro atoms. The summed E-state index contributed by atoms with van der Waals surface area (Å²) in [6.45, 7) is 9.85. The van der Waals surface area contributed by atoms with Gasteiger partial charge in [-0.05, 0) is 38.9 Å². The first-order valence-electron chi connectivity index (χ1n) is 5.93. The lowest BCUT2D eigenvalue weighted by molar-refractivity contribution is 0.305. The molecule has 0 rings (SSSR count). The van der Waals surface area contributed by atoms with Gasteiger partial charge in [-0.25, -0.2) is 0 Å². The fraction of sp³-hybridized carbons (Fsp3) is 1.00. The average molecular weight is 217 g/mol. The number of nitrogens with one attached hydrogen (secondary N) is 3. The molecule has 0 amide bonds. The summed E-state index contributed by atoms with van der Waals surface area (Å²) >= 11 is 0. The average Bonchev–Trinajstić information content (AvgIpc) is 2.21. The minimum absolute atomic E-state index is 0.0437. The largest absolute Gasteiger partial charge is 0.291 e. The zero-order chi connectivity index (χ0) is 10.9. The van der Waals surface area contributed by atoms with Crippen LogP contribution in [0.15, 0.2) is 0 Å². The molecule has 0 bridgehead atoms. The van der Waals surface area contributed by atoms with Crippen LogP contribution in [-0.2, 0) is 0 Å². The maximum atomic E-state index is 3.55. The van der Waals surface area contributed by atoms with Crippen molar-refractivity contribution >= 4 is 10.2 Å². The molecule has 86 valence electrons. The molecule has 4 heteroatoms. The second-order valence-electron chi connectivity index (χ2n) is 3.91. The van der Waals surface area contributed by atoms with E-state index in [9.17, 15) is 0 Å². The van der Waals surface area contributed by atoms with Crippen LogP contribution in [0.2, 0.25) is 0 Å². The molecule has 0 aliphatic heterocycles. The number of hydrogen-bond acceptors (Lipinski definition) is 3. The van der Waals surface area contributed by atoms with Gasteiger partial charge in [0.2, 0.25) is 0 Å². The van der Waals surface area contributed by atoms with Crippen LogP contribution in [0.3, 0.4) is 0 Å². The predicted molar refractivity (Wildman–Crippen MR) is 67.6 cm³/mol. The Morgan fingerprint density at radius 2 is 1.07 bits per heavy atom. The summed E-state index contributed by atoms with van der Waals surface area (Å²) in [5.74, 6) is 0. The van der Waals surface area contributed by atoms with E-state index in [4.69, 9.17) is 0 Å². The Morgan fingerprint density at radius 3 is 1.29 bits per heavy atom. The van der Waals surface area contributed by atoms with Crippen LogP contribution in [0.1, 0.15) is 40.0 Å². The molecule has 14 heavy (non-hydrogen) atoms. The Kier molecular flexibility index (Phi) is 8.47. The minimum Gasteiger partial charge on any atom is -0.291 e. The van der Waals surface area contributed by atoms with Gasteiger partial charge in [0.15, 0.2) is 0 Å². The highest BCUT2D eigenvalue weighted by Gasteiger charge is 2.19. The van der Waals surface area contributed by atoms with Gasteiger partial charge in [0.25, 0.3) is 0 Å². The Labute approximate surface area is 91.8 Å². The zero-order valence-corrected chi connectivity index (χ0v) is 12.2. The molecule has 0 aromatic heterocycles. The molecule has 3 N–H and O–H groups in total. The quantitative estimate of drug-likeness (QED) is 0.375. The first-order valence-corrected chi connectivity index (χ1v) is 6.93. The van der Waals surface area contributed by atoms with Crippen molar-refractivity contribution in [2.24, 2.45) is 0 Å². The van der Waals surface area contributed by atoms with Crippen LogP contribution >= 0.6 is 0 Å². The molecule has 0 aliphatic carbocycles. The molecule has 0 unspecified atom stereocenters. The van der Waals surface area contributed by atoms with E-state index in [2.05, 4.69) is 36.7 Å². The Morgan fingerprint density at radius 1 is 0.786 bits per heavy atom. The van der Waals surface area contributed by atoms with Crippen LogP contribution < -0.4 is 16.0 Å². The van der Waals surface area contributed by atoms with Crippen molar-refractivity contribution < 1.29 is 0 Å². The lowest BCUT2D eigenvalue weighted by atomic mass is 10.4. The summed E-state index contributed by atoms with van der Waals surface area (Å²) in [4.78, 5) is 0. The highest BCUT2D eigenvalue weighted by molar-refractivity contribution is 6.14. The molecule has 0 aliphatic rings. The van der Waals surface area contributed by atoms with Gasteiger partial charge in [-0.2, -0.15) is 0 Å². The first kappa shape index (κ1) is 14.1. The van der Waals surface area contributed by atoms with Crippen LogP contribution in [0.4, 0.5) is 0 Å². The van der Waals surface area contributed by atoms with Crippen LogP contribution in [0, 0.1) is 0 Å². The molecule has 0 aromatic rings. The highest BCUT2D eigenvalue weighted by Crippen LogP contribution is 1.90. The second-order valence-corrected chi connectivity index (χ2v) is 5.41. The fourth-order valence-corrected chi connectivity index (χ4v) is 2.06. The van der Waals surface area contributed by atoms with Crippen LogP contribution in [0.5, 0.6) is 0 Å². The second kappa shape index (κ2) is 8.41. The van der Waals surface area contributed by atoms with E-state index in [1.54, 1.807) is 0 Å². The van der Waals surface area contributed by atoms with Gasteiger partial charge >= 0.3 is 0 Å². The van der Waals surface area contributed by atoms with Crippen molar-refractivity contribution in [1.29, 1.82) is 0 Å². The van der Waals surface area contributed by atoms with Gasteiger partial charge in [-0.3, -0.25) is 16.0 Å². The summed E-state index contributed by atoms with van der Waals surface area (Å²) in [6.07, 6.45) is 3.56. The fourth-order valence-electron chi connectivity index (χ4n) is 1.31. The summed E-state index contributed by atoms with van der Waals surface area (Å²) in [7, 11) is 1.08. The molecule has 3 nitrogen and oxygen atoms in total. The highest BCUT2D eigenvalue weighted by atomic mass is 28.1. The topological polar surface area (TPSA) is 36.1 Å². The maximum absolute atomic E-state index is 3.55. The van der Waals surface area contributed by atoms with E-state index in [-0.39, 0.29) is 5.41 Å². The molecule has 0 radical (unpaired) electrons. The minimum atomic E-state index is 0.0437. The smallest absolute Gasteiger partial charge is 0.0971 e. The van der Waals surface area contributed by atoms with E-state index < -0.39 is 0 Å². The van der Waals surface area contributed by atoms with Crippen molar-refractivity contribution in [3.63, 3.8) is 0 Å². The van der Waals surface area contributed by atoms with E-state index in [1.165, 1.54) is 19.3 Å². The molecule has 0 saturated carbocycles. The summed E-state index contributed by atoms with van der Waals surface area (Å²) in [5, 5.41) is 10.7. The third-order valence-electron chi connectivity index (χ3n) is 2.19. The summed E-state index contributed by atoms with van der Waals surface area (Å²) < 4.78 is 0. The summed E-state index contributed by atoms with van der Waals surface area (Å²) in [6, 6.07) is 0. The van der Waals surface area contributed by atoms with E-state index in [0.717, 1.165) is 29.9 Å². The standard InChI is InChI=1S/C10H27N3Si/c1-4-7-11-10(14,12-8-5-2)13-9-6-3/h11-13H,4-9H2,1-3,14H3. The number of rotatable bonds is 9. The molecular weight excluding hydrogens is 190 g/mol. The third-order valence-corrected chi connectivity index (χ3v) is 3.25. The van der Waals surface area contributed by atoms with Crippen LogP contribution in [0.25, 0.3) is 0 Å². The monoisotopic (exact) mass is 217 g/mol. The Bertz CT molecular complexity index is 109. The van der Waals surface area contributed by atoms with Crippen molar-refractivity contribution in [3.8, 4) is 0 Å². The lowest BCUT2D eigenvalue weighted by Gasteiger charge is -2.33. The number of hydrogen-bond donors (Lipinski definition) is 3. The van der Waals surface area contributed by atoms with Crippen molar-refractivity contribution in [1.82, 2.24) is 16.0 Å². The van der Waals surface area contributed by atoms with Gasteiger partial charge in [0, 0.05) is 0 Å². The molecule has 0 fully saturated rings. The van der Waals surface area contributed by atoms with E-state index in [0.29, 0.717) is 0 Å². The van der Waals surface area contributed by atoms with Crippen LogP contribution in [-0.4, -0.2) is 35.3 Å². The maximum Gasteiger partial charge on any atom is 0.0971 e. The molecule has 0 saturated heterocycles. The van der Waals surface area contributed by atoms with Gasteiger partial charge in [-0.15, -0.1) is 0 Å². The Balaban J connectivity index is 3.89. The van der Waals surface area contributed by atoms with Gasteiger partial charge in [-0.1, -0.05) is 20.8 Å². The van der Waals surface area contributed by atoms with Crippen molar-refractivity contribution in [2.45, 2.75) is 45.4 Å². The van der Waals surface area contributed by atoms with Crippen molar-refractivity contribution in [2.75, 3.05) is 19.6 Å². The SMILES string of the molecule is CCCNC([SiH3])(NCCC)NCCC. The molecule has 0 heterocycles. The van der Waals surface area contributed by atoms with E-state index in [1.807, 2.05) is 0 Å². The van der Waals surface area contributed by atoms with Crippen molar-refractivity contribution in [3.05, 3.63) is 0 Å². The first-order chi connectivity index (χ1) is 6.68. The summed E-state index contributed by atoms with van der Waals surface area (Å²) in [5.41, 5.74) is 0.0437. The zero-order valence-electron chi connectivity index (χ0n) is 10.2. The molecule has 0 aromatic carbocycles. The predicted octanol–water partition coefficient (Wildman–Crippen LogP) is -0.0381. The normalized spacial score (nSPS) is 12.2. The molecular formula is C10H27N3Si. The molecule has 0 atom stereocenters. The van der Waals surface area contributed by atoms with E-state index >= 15 is 0 Å². The Hall–Kier alpha value is 0.0969. The van der Waals surface area contributed by atoms with Gasteiger partial charge in [0.1, 0.15) is 0 Å². The van der Waals surface area contributed by atoms with Gasteiger partial charge in [0.05, 0.1) is 15.7 Å². The lowest BCUT2D eigenvalue weighted by Crippen LogP contribution is -2.67. The third kappa shape index (κ3) is 6.54. The van der Waals surface area contributed by atoms with Gasteiger partial charge < -0.3 is 0 Å².